The molecule has 4 heteroatoms. The monoisotopic (exact) mass is 247 g/mol. The van der Waals surface area contributed by atoms with E-state index in [9.17, 15) is 0 Å². The highest BCUT2D eigenvalue weighted by atomic mass is 32.1. The Morgan fingerprint density at radius 2 is 2.00 bits per heavy atom. The van der Waals surface area contributed by atoms with Crippen molar-refractivity contribution in [2.75, 3.05) is 0 Å². The molecule has 0 radical (unpaired) electrons. The molecule has 1 aromatic carbocycles. The zero-order valence-corrected chi connectivity index (χ0v) is 11.0. The number of thiocarbonyl (C=S) groups is 1. The van der Waals surface area contributed by atoms with Gasteiger partial charge >= 0.3 is 0 Å². The summed E-state index contributed by atoms with van der Waals surface area (Å²) < 4.78 is 0. The fourth-order valence-corrected chi connectivity index (χ4v) is 2.16. The van der Waals surface area contributed by atoms with Crippen molar-refractivity contribution in [1.82, 2.24) is 15.8 Å². The van der Waals surface area contributed by atoms with Crippen LogP contribution in [0.4, 0.5) is 0 Å². The minimum absolute atomic E-state index is 0.180. The smallest absolute Gasteiger partial charge is 0.188 e. The second kappa shape index (κ2) is 4.47. The van der Waals surface area contributed by atoms with E-state index < -0.39 is 0 Å². The molecule has 3 nitrogen and oxygen atoms in total. The predicted molar refractivity (Wildman–Crippen MR) is 74.1 cm³/mol. The molecule has 1 aliphatic rings. The molecule has 0 aliphatic carbocycles. The summed E-state index contributed by atoms with van der Waals surface area (Å²) in [7, 11) is 0. The van der Waals surface area contributed by atoms with E-state index in [1.165, 1.54) is 5.56 Å². The molecule has 0 amide bonds. The van der Waals surface area contributed by atoms with Gasteiger partial charge in [0.1, 0.15) is 0 Å². The topological polar surface area (TPSA) is 27.3 Å². The summed E-state index contributed by atoms with van der Waals surface area (Å²) in [4.78, 5) is 0. The third kappa shape index (κ3) is 2.48. The summed E-state index contributed by atoms with van der Waals surface area (Å²) >= 11 is 5.27. The molecule has 0 bridgehead atoms. The van der Waals surface area contributed by atoms with Crippen molar-refractivity contribution >= 4 is 17.3 Å². The summed E-state index contributed by atoms with van der Waals surface area (Å²) in [6.07, 6.45) is 0. The first-order valence-corrected chi connectivity index (χ1v) is 6.00. The number of nitrogens with zero attached hydrogens (tertiary/aromatic N) is 1. The van der Waals surface area contributed by atoms with Crippen molar-refractivity contribution in [3.63, 3.8) is 0 Å². The molecule has 1 saturated heterocycles. The van der Waals surface area contributed by atoms with Gasteiger partial charge in [0.2, 0.25) is 0 Å². The van der Waals surface area contributed by atoms with Crippen LogP contribution in [0.1, 0.15) is 19.4 Å². The second-order valence-corrected chi connectivity index (χ2v) is 5.04. The van der Waals surface area contributed by atoms with Crippen LogP contribution in [0.3, 0.4) is 0 Å². The van der Waals surface area contributed by atoms with E-state index in [-0.39, 0.29) is 5.54 Å². The first-order valence-electron chi connectivity index (χ1n) is 5.60. The van der Waals surface area contributed by atoms with Crippen LogP contribution >= 0.6 is 12.2 Å². The highest BCUT2D eigenvalue weighted by Crippen LogP contribution is 2.23. The molecule has 1 aromatic rings. The molecule has 2 N–H and O–H groups in total. The third-order valence-corrected chi connectivity index (χ3v) is 3.18. The Balaban J connectivity index is 2.01. The molecule has 1 fully saturated rings. The lowest BCUT2D eigenvalue weighted by molar-refractivity contribution is 0.365. The minimum Gasteiger partial charge on any atom is -0.351 e. The van der Waals surface area contributed by atoms with Gasteiger partial charge in [0.05, 0.1) is 11.2 Å². The normalized spacial score (nSPS) is 18.4. The Kier molecular flexibility index (Phi) is 3.17. The van der Waals surface area contributed by atoms with Crippen molar-refractivity contribution < 1.29 is 0 Å². The van der Waals surface area contributed by atoms with Gasteiger partial charge < -0.3 is 5.32 Å². The summed E-state index contributed by atoms with van der Waals surface area (Å²) in [5.41, 5.74) is 5.26. The lowest BCUT2D eigenvalue weighted by atomic mass is 10.0. The van der Waals surface area contributed by atoms with Crippen LogP contribution in [-0.2, 0) is 6.54 Å². The van der Waals surface area contributed by atoms with E-state index in [0.29, 0.717) is 5.11 Å². The number of nitrogens with one attached hydrogen (secondary N) is 2. The first-order chi connectivity index (χ1) is 8.00. The average Bonchev–Trinajstić information content (AvgIpc) is 2.48. The third-order valence-electron chi connectivity index (χ3n) is 2.90. The Morgan fingerprint density at radius 1 is 1.35 bits per heavy atom. The van der Waals surface area contributed by atoms with Crippen LogP contribution in [0.25, 0.3) is 0 Å². The molecule has 1 heterocycles. The lowest BCUT2D eigenvalue weighted by Crippen LogP contribution is -2.38. The largest absolute Gasteiger partial charge is 0.351 e. The van der Waals surface area contributed by atoms with Crippen LogP contribution in [0.15, 0.2) is 42.6 Å². The molecule has 0 saturated carbocycles. The molecular formula is C13H17N3S. The van der Waals surface area contributed by atoms with E-state index in [1.807, 2.05) is 23.2 Å². The zero-order chi connectivity index (χ0) is 12.5. The summed E-state index contributed by atoms with van der Waals surface area (Å²) in [5, 5.41) is 5.75. The van der Waals surface area contributed by atoms with E-state index in [2.05, 4.69) is 43.3 Å². The zero-order valence-electron chi connectivity index (χ0n) is 10.2. The quantitative estimate of drug-likeness (QED) is 0.801. The first kappa shape index (κ1) is 12.1. The molecule has 2 rings (SSSR count). The van der Waals surface area contributed by atoms with Gasteiger partial charge in [0, 0.05) is 6.54 Å². The molecule has 17 heavy (non-hydrogen) atoms. The van der Waals surface area contributed by atoms with Crippen molar-refractivity contribution in [1.29, 1.82) is 0 Å². The average molecular weight is 247 g/mol. The van der Waals surface area contributed by atoms with Gasteiger partial charge in [-0.3, -0.25) is 5.01 Å². The fourth-order valence-electron chi connectivity index (χ4n) is 1.73. The van der Waals surface area contributed by atoms with Gasteiger partial charge in [-0.05, 0) is 31.6 Å². The molecular weight excluding hydrogens is 230 g/mol. The summed E-state index contributed by atoms with van der Waals surface area (Å²) in [6, 6.07) is 10.2. The second-order valence-electron chi connectivity index (χ2n) is 4.66. The van der Waals surface area contributed by atoms with Crippen LogP contribution in [0.2, 0.25) is 0 Å². The van der Waals surface area contributed by atoms with Crippen molar-refractivity contribution in [2.24, 2.45) is 0 Å². The molecule has 1 aliphatic heterocycles. The van der Waals surface area contributed by atoms with Crippen LogP contribution in [0, 0.1) is 0 Å². The van der Waals surface area contributed by atoms with E-state index in [1.54, 1.807) is 0 Å². The van der Waals surface area contributed by atoms with Crippen molar-refractivity contribution in [3.05, 3.63) is 48.2 Å². The SMILES string of the molecule is C=C1N(NCc2ccccc2)C(=S)NC1(C)C. The number of hydrogen-bond acceptors (Lipinski definition) is 2. The number of hydrazine groups is 1. The Labute approximate surface area is 107 Å². The highest BCUT2D eigenvalue weighted by molar-refractivity contribution is 7.80. The van der Waals surface area contributed by atoms with Gasteiger partial charge in [-0.2, -0.15) is 0 Å². The Morgan fingerprint density at radius 3 is 2.53 bits per heavy atom. The number of hydrogen-bond donors (Lipinski definition) is 2. The maximum absolute atomic E-state index is 5.27. The predicted octanol–water partition coefficient (Wildman–Crippen LogP) is 2.17. The Bertz CT molecular complexity index is 439. The van der Waals surface area contributed by atoms with Crippen LogP contribution < -0.4 is 10.7 Å². The number of rotatable bonds is 3. The number of benzene rings is 1. The summed E-state index contributed by atoms with van der Waals surface area (Å²) in [5.74, 6) is 0. The lowest BCUT2D eigenvalue weighted by Gasteiger charge is -2.22. The molecule has 0 aromatic heterocycles. The fraction of sp³-hybridized carbons (Fsp3) is 0.308. The maximum atomic E-state index is 5.27. The van der Waals surface area contributed by atoms with Crippen molar-refractivity contribution in [3.8, 4) is 0 Å². The Hall–Kier alpha value is -1.39. The maximum Gasteiger partial charge on any atom is 0.188 e. The van der Waals surface area contributed by atoms with Gasteiger partial charge in [0.15, 0.2) is 5.11 Å². The molecule has 0 unspecified atom stereocenters. The summed E-state index contributed by atoms with van der Waals surface area (Å²) in [6.45, 7) is 8.92. The van der Waals surface area contributed by atoms with Gasteiger partial charge in [-0.25, -0.2) is 5.43 Å². The standard InChI is InChI=1S/C13H17N3S/c1-10-13(2,3)15-12(17)16(10)14-9-11-7-5-4-6-8-11/h4-8,14H,1,9H2,2-3H3,(H,15,17). The molecule has 0 spiro atoms. The molecule has 90 valence electrons. The van der Waals surface area contributed by atoms with Crippen LogP contribution in [-0.4, -0.2) is 15.7 Å². The van der Waals surface area contributed by atoms with E-state index in [0.717, 1.165) is 12.2 Å². The highest BCUT2D eigenvalue weighted by Gasteiger charge is 2.36. The van der Waals surface area contributed by atoms with Crippen LogP contribution in [0.5, 0.6) is 0 Å². The van der Waals surface area contributed by atoms with E-state index >= 15 is 0 Å². The van der Waals surface area contributed by atoms with Gasteiger partial charge in [-0.1, -0.05) is 36.9 Å². The van der Waals surface area contributed by atoms with Crippen molar-refractivity contribution in [2.45, 2.75) is 25.9 Å². The molecule has 0 atom stereocenters. The minimum atomic E-state index is -0.180. The van der Waals surface area contributed by atoms with Gasteiger partial charge in [0.25, 0.3) is 0 Å². The van der Waals surface area contributed by atoms with E-state index in [4.69, 9.17) is 12.2 Å². The van der Waals surface area contributed by atoms with Gasteiger partial charge in [-0.15, -0.1) is 0 Å².